The molecule has 4 rings (SSSR count). The largest absolute Gasteiger partial charge is 0.417 e. The molecule has 1 fully saturated rings. The van der Waals surface area contributed by atoms with Gasteiger partial charge >= 0.3 is 6.18 Å². The summed E-state index contributed by atoms with van der Waals surface area (Å²) >= 11 is 0. The molecule has 0 N–H and O–H groups in total. The van der Waals surface area contributed by atoms with Crippen LogP contribution in [-0.4, -0.2) is 39.0 Å². The smallest absolute Gasteiger partial charge is 0.337 e. The maximum absolute atomic E-state index is 13.5. The molecule has 3 aromatic heterocycles. The number of alkyl halides is 3. The first-order valence-electron chi connectivity index (χ1n) is 8.89. The minimum Gasteiger partial charge on any atom is -0.337 e. The van der Waals surface area contributed by atoms with Crippen LogP contribution in [0.25, 0.3) is 11.1 Å². The van der Waals surface area contributed by atoms with Gasteiger partial charge in [0.2, 0.25) is 0 Å². The Kier molecular flexibility index (Phi) is 4.52. The normalized spacial score (nSPS) is 15.9. The number of likely N-dealkylation sites (tertiary alicyclic amines) is 1. The zero-order valence-corrected chi connectivity index (χ0v) is 15.0. The van der Waals surface area contributed by atoms with E-state index in [0.717, 1.165) is 6.07 Å². The first-order chi connectivity index (χ1) is 13.3. The Hall–Kier alpha value is -2.97. The van der Waals surface area contributed by atoms with Gasteiger partial charge in [0, 0.05) is 30.9 Å². The van der Waals surface area contributed by atoms with E-state index in [1.54, 1.807) is 29.3 Å². The van der Waals surface area contributed by atoms with Gasteiger partial charge in [-0.2, -0.15) is 13.2 Å². The zero-order valence-electron chi connectivity index (χ0n) is 15.0. The molecule has 0 saturated carbocycles. The molecule has 146 valence electrons. The molecule has 1 amide bonds. The highest BCUT2D eigenvalue weighted by atomic mass is 19.4. The third-order valence-corrected chi connectivity index (χ3v) is 5.03. The fourth-order valence-corrected chi connectivity index (χ4v) is 3.58. The molecule has 1 aliphatic heterocycles. The van der Waals surface area contributed by atoms with E-state index in [2.05, 4.69) is 15.1 Å². The first kappa shape index (κ1) is 18.4. The number of carbonyl (C=O) groups is 1. The Labute approximate surface area is 158 Å². The molecule has 0 atom stereocenters. The summed E-state index contributed by atoms with van der Waals surface area (Å²) in [5.41, 5.74) is -0.0393. The van der Waals surface area contributed by atoms with Gasteiger partial charge in [0.15, 0.2) is 0 Å². The monoisotopic (exact) mass is 390 g/mol. The number of aromatic nitrogens is 3. The van der Waals surface area contributed by atoms with E-state index in [1.807, 2.05) is 0 Å². The summed E-state index contributed by atoms with van der Waals surface area (Å²) in [5, 5.41) is 3.53. The molecule has 0 bridgehead atoms. The number of halogens is 3. The van der Waals surface area contributed by atoms with Crippen molar-refractivity contribution >= 4 is 17.0 Å². The number of hydrogen-bond acceptors (Lipinski definition) is 5. The molecule has 9 heteroatoms. The average molecular weight is 390 g/mol. The number of pyridine rings is 2. The van der Waals surface area contributed by atoms with E-state index >= 15 is 0 Å². The van der Waals surface area contributed by atoms with Crippen LogP contribution in [0, 0.1) is 6.92 Å². The number of piperidine rings is 1. The van der Waals surface area contributed by atoms with Gasteiger partial charge in [-0.25, -0.2) is 4.98 Å². The Morgan fingerprint density at radius 2 is 2.00 bits per heavy atom. The van der Waals surface area contributed by atoms with Crippen molar-refractivity contribution in [1.29, 1.82) is 0 Å². The third-order valence-electron chi connectivity index (χ3n) is 5.03. The van der Waals surface area contributed by atoms with Gasteiger partial charge in [-0.3, -0.25) is 9.78 Å². The highest BCUT2D eigenvalue weighted by Crippen LogP contribution is 2.38. The van der Waals surface area contributed by atoms with Crippen LogP contribution < -0.4 is 0 Å². The highest BCUT2D eigenvalue weighted by molar-refractivity contribution is 5.92. The van der Waals surface area contributed by atoms with E-state index in [9.17, 15) is 18.0 Å². The molecule has 3 aromatic rings. The fourth-order valence-electron chi connectivity index (χ4n) is 3.58. The van der Waals surface area contributed by atoms with Crippen LogP contribution >= 0.6 is 0 Å². The molecular weight excluding hydrogens is 373 g/mol. The molecule has 0 spiro atoms. The summed E-state index contributed by atoms with van der Waals surface area (Å²) in [6, 6.07) is 6.21. The van der Waals surface area contributed by atoms with Crippen molar-refractivity contribution in [2.75, 3.05) is 13.1 Å². The van der Waals surface area contributed by atoms with E-state index in [1.165, 1.54) is 6.92 Å². The van der Waals surface area contributed by atoms with Crippen LogP contribution in [0.2, 0.25) is 0 Å². The molecule has 1 saturated heterocycles. The summed E-state index contributed by atoms with van der Waals surface area (Å²) < 4.78 is 45.6. The second kappa shape index (κ2) is 6.88. The predicted octanol–water partition coefficient (Wildman–Crippen LogP) is 3.96. The maximum atomic E-state index is 13.5. The van der Waals surface area contributed by atoms with Gasteiger partial charge in [-0.15, -0.1) is 0 Å². The topological polar surface area (TPSA) is 72.1 Å². The molecule has 4 heterocycles. The van der Waals surface area contributed by atoms with Crippen LogP contribution in [0.3, 0.4) is 0 Å². The number of amides is 1. The van der Waals surface area contributed by atoms with Crippen LogP contribution in [-0.2, 0) is 6.18 Å². The second-order valence-corrected chi connectivity index (χ2v) is 6.82. The SMILES string of the molecule is Cc1noc2nc(C3CCN(C(=O)c4ccccn4)CC3)cc(C(F)(F)F)c12. The van der Waals surface area contributed by atoms with Crippen LogP contribution in [0.1, 0.15) is 46.2 Å². The molecule has 0 radical (unpaired) electrons. The van der Waals surface area contributed by atoms with Crippen molar-refractivity contribution in [2.45, 2.75) is 31.9 Å². The van der Waals surface area contributed by atoms with E-state index < -0.39 is 11.7 Å². The van der Waals surface area contributed by atoms with E-state index in [-0.39, 0.29) is 28.6 Å². The van der Waals surface area contributed by atoms with Crippen molar-refractivity contribution in [3.8, 4) is 0 Å². The first-order valence-corrected chi connectivity index (χ1v) is 8.89. The van der Waals surface area contributed by atoms with Crippen LogP contribution in [0.4, 0.5) is 13.2 Å². The summed E-state index contributed by atoms with van der Waals surface area (Å²) in [7, 11) is 0. The van der Waals surface area contributed by atoms with Crippen molar-refractivity contribution in [2.24, 2.45) is 0 Å². The molecule has 0 aromatic carbocycles. The quantitative estimate of drug-likeness (QED) is 0.662. The summed E-state index contributed by atoms with van der Waals surface area (Å²) in [6.45, 7) is 2.32. The van der Waals surface area contributed by atoms with Crippen LogP contribution in [0.15, 0.2) is 35.0 Å². The molecule has 28 heavy (non-hydrogen) atoms. The number of rotatable bonds is 2. The number of carbonyl (C=O) groups excluding carboxylic acids is 1. The lowest BCUT2D eigenvalue weighted by atomic mass is 9.91. The second-order valence-electron chi connectivity index (χ2n) is 6.82. The van der Waals surface area contributed by atoms with Crippen molar-refractivity contribution in [3.63, 3.8) is 0 Å². The van der Waals surface area contributed by atoms with Gasteiger partial charge in [-0.05, 0) is 38.0 Å². The Morgan fingerprint density at radius 3 is 2.64 bits per heavy atom. The summed E-state index contributed by atoms with van der Waals surface area (Å²) in [5.74, 6) is -0.368. The van der Waals surface area contributed by atoms with Crippen LogP contribution in [0.5, 0.6) is 0 Å². The van der Waals surface area contributed by atoms with Crippen molar-refractivity contribution in [1.82, 2.24) is 20.0 Å². The fraction of sp³-hybridized carbons (Fsp3) is 0.368. The van der Waals surface area contributed by atoms with Gasteiger partial charge in [0.25, 0.3) is 11.6 Å². The number of aryl methyl sites for hydroxylation is 1. The van der Waals surface area contributed by atoms with Gasteiger partial charge in [0.1, 0.15) is 5.69 Å². The molecule has 1 aliphatic rings. The van der Waals surface area contributed by atoms with Crippen molar-refractivity contribution < 1.29 is 22.5 Å². The van der Waals surface area contributed by atoms with Gasteiger partial charge in [0.05, 0.1) is 16.6 Å². The van der Waals surface area contributed by atoms with Gasteiger partial charge in [-0.1, -0.05) is 11.2 Å². The molecular formula is C19H17F3N4O2. The summed E-state index contributed by atoms with van der Waals surface area (Å²) in [4.78, 5) is 22.5. The Bertz CT molecular complexity index is 1010. The minimum absolute atomic E-state index is 0.0981. The Balaban J connectivity index is 1.57. The standard InChI is InChI=1S/C19H17F3N4O2/c1-11-16-13(19(20,21)22)10-15(24-17(16)28-25-11)12-5-8-26(9-6-12)18(27)14-4-2-3-7-23-14/h2-4,7,10,12H,5-6,8-9H2,1H3. The Morgan fingerprint density at radius 1 is 1.25 bits per heavy atom. The lowest BCUT2D eigenvalue weighted by Crippen LogP contribution is -2.38. The number of nitrogens with zero attached hydrogens (tertiary/aromatic N) is 4. The lowest BCUT2D eigenvalue weighted by molar-refractivity contribution is -0.136. The van der Waals surface area contributed by atoms with Crippen molar-refractivity contribution in [3.05, 3.63) is 53.1 Å². The number of fused-ring (bicyclic) bond motifs is 1. The lowest BCUT2D eigenvalue weighted by Gasteiger charge is -2.31. The summed E-state index contributed by atoms with van der Waals surface area (Å²) in [6.07, 6.45) is -1.94. The van der Waals surface area contributed by atoms with Gasteiger partial charge < -0.3 is 9.42 Å². The molecule has 0 unspecified atom stereocenters. The molecule has 0 aliphatic carbocycles. The molecule has 6 nitrogen and oxygen atoms in total. The number of hydrogen-bond donors (Lipinski definition) is 0. The predicted molar refractivity (Wildman–Crippen MR) is 93.7 cm³/mol. The minimum atomic E-state index is -4.53. The highest BCUT2D eigenvalue weighted by Gasteiger charge is 2.37. The van der Waals surface area contributed by atoms with E-state index in [0.29, 0.717) is 37.3 Å². The average Bonchev–Trinajstić information content (AvgIpc) is 3.07. The maximum Gasteiger partial charge on any atom is 0.417 e. The zero-order chi connectivity index (χ0) is 19.9. The third kappa shape index (κ3) is 3.32. The van der Waals surface area contributed by atoms with E-state index in [4.69, 9.17) is 4.52 Å².